The summed E-state index contributed by atoms with van der Waals surface area (Å²) in [5.41, 5.74) is 17.6. The van der Waals surface area contributed by atoms with Crippen LogP contribution in [0.2, 0.25) is 0 Å². The van der Waals surface area contributed by atoms with Gasteiger partial charge in [0.15, 0.2) is 0 Å². The topological polar surface area (TPSA) is 3.24 Å². The summed E-state index contributed by atoms with van der Waals surface area (Å²) < 4.78 is 2.59. The largest absolute Gasteiger partial charge is 0.308 e. The molecule has 1 heterocycles. The third kappa shape index (κ3) is 4.45. The van der Waals surface area contributed by atoms with E-state index in [1.54, 1.807) is 0 Å². The highest BCUT2D eigenvalue weighted by Gasteiger charge is 2.51. The third-order valence-corrected chi connectivity index (χ3v) is 13.9. The maximum atomic E-state index is 2.55. The fraction of sp³-hybridized carbons (Fsp3) is 0.0545. The Morgan fingerprint density at radius 3 is 1.93 bits per heavy atom. The normalized spacial score (nSPS) is 14.9. The second-order valence-electron chi connectivity index (χ2n) is 15.4. The van der Waals surface area contributed by atoms with Gasteiger partial charge in [0.25, 0.3) is 0 Å². The summed E-state index contributed by atoms with van der Waals surface area (Å²) in [5.74, 6) is 0. The Labute approximate surface area is 336 Å². The highest BCUT2D eigenvalue weighted by molar-refractivity contribution is 7.26. The average Bonchev–Trinajstić information content (AvgIpc) is 3.80. The van der Waals surface area contributed by atoms with Crippen LogP contribution in [-0.2, 0) is 11.8 Å². The molecular formula is C55H37NS. The zero-order valence-electron chi connectivity index (χ0n) is 31.5. The second kappa shape index (κ2) is 12.4. The molecule has 2 aliphatic carbocycles. The summed E-state index contributed by atoms with van der Waals surface area (Å²) in [5, 5.41) is 5.27. The number of aryl methyl sites for hydroxylation is 1. The monoisotopic (exact) mass is 743 g/mol. The Morgan fingerprint density at radius 1 is 0.474 bits per heavy atom. The predicted octanol–water partition coefficient (Wildman–Crippen LogP) is 15.3. The molecule has 0 saturated carbocycles. The standard InChI is InChI=1S/C55H37NS/c1-2-35-30-31-37-18-14-23-44-41-21-7-11-26-47(41)55(53(35)52(37)44)46-25-10-6-20-40(46)42-33-32-38(34-48(42)55)56(49-27-12-8-19-39(49)36-16-4-3-5-17-36)50-28-15-24-45-43-22-9-13-29-51(43)57-54(45)50/h3-34H,2H2,1H3. The number of hydrogen-bond donors (Lipinski definition) is 0. The summed E-state index contributed by atoms with van der Waals surface area (Å²) in [6, 6.07) is 72.8. The van der Waals surface area contributed by atoms with Gasteiger partial charge in [-0.2, -0.15) is 0 Å². The van der Waals surface area contributed by atoms with Gasteiger partial charge >= 0.3 is 0 Å². The molecule has 0 bridgehead atoms. The molecule has 0 saturated heterocycles. The van der Waals surface area contributed by atoms with Crippen LogP contribution in [0.1, 0.15) is 34.7 Å². The molecule has 0 aliphatic heterocycles. The van der Waals surface area contributed by atoms with E-state index in [-0.39, 0.29) is 0 Å². The van der Waals surface area contributed by atoms with Gasteiger partial charge in [0.05, 0.1) is 21.5 Å². The van der Waals surface area contributed by atoms with Crippen molar-refractivity contribution in [3.63, 3.8) is 0 Å². The summed E-state index contributed by atoms with van der Waals surface area (Å²) in [6.45, 7) is 2.32. The number of thiophene rings is 1. The van der Waals surface area contributed by atoms with Crippen molar-refractivity contribution < 1.29 is 0 Å². The van der Waals surface area contributed by atoms with Crippen molar-refractivity contribution in [3.8, 4) is 33.4 Å². The SMILES string of the molecule is CCc1ccc2cccc3c2c1C1(c2ccccc2-c2ccc(N(c4ccccc4-c4ccccc4)c4cccc5c4sc4ccccc45)cc21)c1ccccc1-3. The van der Waals surface area contributed by atoms with Gasteiger partial charge in [-0.1, -0.05) is 171 Å². The Kier molecular flexibility index (Phi) is 7.06. The van der Waals surface area contributed by atoms with Crippen LogP contribution in [-0.4, -0.2) is 0 Å². The van der Waals surface area contributed by atoms with Gasteiger partial charge in [0, 0.05) is 26.7 Å². The quantitative estimate of drug-likeness (QED) is 0.170. The number of anilines is 3. The molecule has 1 aromatic heterocycles. The van der Waals surface area contributed by atoms with Crippen molar-refractivity contribution in [1.29, 1.82) is 0 Å². The molecule has 57 heavy (non-hydrogen) atoms. The molecule has 1 unspecified atom stereocenters. The lowest BCUT2D eigenvalue weighted by atomic mass is 9.60. The molecule has 0 radical (unpaired) electrons. The average molecular weight is 744 g/mol. The molecule has 268 valence electrons. The van der Waals surface area contributed by atoms with Crippen LogP contribution in [0, 0.1) is 0 Å². The van der Waals surface area contributed by atoms with Crippen molar-refractivity contribution in [2.45, 2.75) is 18.8 Å². The Hall–Kier alpha value is -6.74. The first kappa shape index (κ1) is 32.5. The number of para-hydroxylation sites is 1. The summed E-state index contributed by atoms with van der Waals surface area (Å²) in [6.07, 6.45) is 0.950. The van der Waals surface area contributed by atoms with Crippen molar-refractivity contribution in [2.24, 2.45) is 0 Å². The number of rotatable bonds is 5. The van der Waals surface area contributed by atoms with Crippen molar-refractivity contribution in [2.75, 3.05) is 4.90 Å². The maximum Gasteiger partial charge on any atom is 0.0729 e. The summed E-state index contributed by atoms with van der Waals surface area (Å²) >= 11 is 1.89. The zero-order valence-corrected chi connectivity index (χ0v) is 32.4. The fourth-order valence-electron chi connectivity index (χ4n) is 10.4. The first-order valence-corrected chi connectivity index (χ1v) is 20.8. The van der Waals surface area contributed by atoms with E-state index >= 15 is 0 Å². The van der Waals surface area contributed by atoms with E-state index in [9.17, 15) is 0 Å². The first-order chi connectivity index (χ1) is 28.3. The van der Waals surface area contributed by atoms with Gasteiger partial charge in [-0.25, -0.2) is 0 Å². The molecule has 1 atom stereocenters. The molecule has 1 nitrogen and oxygen atoms in total. The molecule has 0 N–H and O–H groups in total. The van der Waals surface area contributed by atoms with E-state index < -0.39 is 5.41 Å². The van der Waals surface area contributed by atoms with E-state index in [4.69, 9.17) is 0 Å². The first-order valence-electron chi connectivity index (χ1n) is 20.0. The predicted molar refractivity (Wildman–Crippen MR) is 243 cm³/mol. The molecule has 0 fully saturated rings. The Bertz CT molecular complexity index is 3240. The van der Waals surface area contributed by atoms with Gasteiger partial charge in [-0.05, 0) is 103 Å². The lowest BCUT2D eigenvalue weighted by molar-refractivity contribution is 0.759. The van der Waals surface area contributed by atoms with Gasteiger partial charge in [-0.15, -0.1) is 11.3 Å². The van der Waals surface area contributed by atoms with Crippen LogP contribution in [0.5, 0.6) is 0 Å². The van der Waals surface area contributed by atoms with Crippen LogP contribution < -0.4 is 4.90 Å². The van der Waals surface area contributed by atoms with Crippen molar-refractivity contribution in [1.82, 2.24) is 0 Å². The van der Waals surface area contributed by atoms with Gasteiger partial charge in [0.2, 0.25) is 0 Å². The second-order valence-corrected chi connectivity index (χ2v) is 16.5. The van der Waals surface area contributed by atoms with Crippen LogP contribution in [0.15, 0.2) is 194 Å². The number of fused-ring (bicyclic) bond motifs is 12. The smallest absolute Gasteiger partial charge is 0.0729 e. The summed E-state index contributed by atoms with van der Waals surface area (Å²) in [7, 11) is 0. The van der Waals surface area contributed by atoms with E-state index in [1.165, 1.54) is 97.8 Å². The molecule has 9 aromatic carbocycles. The minimum atomic E-state index is -0.508. The zero-order chi connectivity index (χ0) is 37.7. The van der Waals surface area contributed by atoms with E-state index in [1.807, 2.05) is 11.3 Å². The van der Waals surface area contributed by atoms with E-state index in [2.05, 4.69) is 206 Å². The fourth-order valence-corrected chi connectivity index (χ4v) is 11.6. The van der Waals surface area contributed by atoms with Crippen LogP contribution in [0.3, 0.4) is 0 Å². The molecular weight excluding hydrogens is 707 g/mol. The molecule has 10 aromatic rings. The molecule has 0 amide bonds. The minimum Gasteiger partial charge on any atom is -0.308 e. The lowest BCUT2D eigenvalue weighted by Crippen LogP contribution is -2.33. The van der Waals surface area contributed by atoms with Crippen molar-refractivity contribution in [3.05, 3.63) is 222 Å². The third-order valence-electron chi connectivity index (χ3n) is 12.6. The van der Waals surface area contributed by atoms with E-state index in [0.717, 1.165) is 17.8 Å². The van der Waals surface area contributed by atoms with Gasteiger partial charge in [-0.3, -0.25) is 0 Å². The van der Waals surface area contributed by atoms with Crippen LogP contribution in [0.4, 0.5) is 17.1 Å². The highest BCUT2D eigenvalue weighted by atomic mass is 32.1. The van der Waals surface area contributed by atoms with Crippen LogP contribution >= 0.6 is 11.3 Å². The summed E-state index contributed by atoms with van der Waals surface area (Å²) in [4.78, 5) is 2.54. The van der Waals surface area contributed by atoms with Gasteiger partial charge < -0.3 is 4.90 Å². The lowest BCUT2D eigenvalue weighted by Gasteiger charge is -2.41. The highest BCUT2D eigenvalue weighted by Crippen LogP contribution is 2.63. The number of nitrogens with zero attached hydrogens (tertiary/aromatic N) is 1. The van der Waals surface area contributed by atoms with Crippen molar-refractivity contribution >= 4 is 59.3 Å². The van der Waals surface area contributed by atoms with E-state index in [0.29, 0.717) is 0 Å². The maximum absolute atomic E-state index is 2.55. The molecule has 1 spiro atoms. The number of benzene rings is 9. The number of hydrogen-bond acceptors (Lipinski definition) is 2. The molecule has 2 aliphatic rings. The Morgan fingerprint density at radius 2 is 1.11 bits per heavy atom. The Balaban J connectivity index is 1.22. The van der Waals surface area contributed by atoms with Gasteiger partial charge in [0.1, 0.15) is 0 Å². The molecule has 2 heteroatoms. The molecule has 12 rings (SSSR count). The van der Waals surface area contributed by atoms with Crippen LogP contribution in [0.25, 0.3) is 64.3 Å². The minimum absolute atomic E-state index is 0.508.